The Morgan fingerprint density at radius 2 is 1.87 bits per heavy atom. The highest BCUT2D eigenvalue weighted by molar-refractivity contribution is 5.79. The van der Waals surface area contributed by atoms with Crippen LogP contribution in [-0.4, -0.2) is 35.3 Å². The topological polar surface area (TPSA) is 67.2 Å². The van der Waals surface area contributed by atoms with Crippen LogP contribution < -0.4 is 15.8 Å². The van der Waals surface area contributed by atoms with Crippen molar-refractivity contribution in [3.63, 3.8) is 0 Å². The summed E-state index contributed by atoms with van der Waals surface area (Å²) in [5.41, 5.74) is 1.75. The fraction of sp³-hybridized carbons (Fsp3) is 0.542. The highest BCUT2D eigenvalue weighted by Crippen LogP contribution is 2.24. The van der Waals surface area contributed by atoms with E-state index in [1.165, 1.54) is 36.8 Å². The second-order valence-electron chi connectivity index (χ2n) is 8.73. The van der Waals surface area contributed by atoms with E-state index in [9.17, 15) is 9.59 Å². The van der Waals surface area contributed by atoms with Gasteiger partial charge in [0.25, 0.3) is 5.56 Å². The molecule has 2 fully saturated rings. The van der Waals surface area contributed by atoms with E-state index in [0.29, 0.717) is 19.0 Å². The summed E-state index contributed by atoms with van der Waals surface area (Å²) in [7, 11) is 0. The Balaban J connectivity index is 1.35. The Labute approximate surface area is 178 Å². The lowest BCUT2D eigenvalue weighted by Gasteiger charge is -2.33. The smallest absolute Gasteiger partial charge is 0.269 e. The van der Waals surface area contributed by atoms with Crippen LogP contribution in [0.1, 0.15) is 50.5 Å². The number of hydrogen-bond donors (Lipinski definition) is 1. The number of hydrogen-bond acceptors (Lipinski definition) is 4. The standard InChI is InChI=1S/C24H32N4O2/c29-23-14-22(16-26-28(23)17-20-10-5-2-6-11-20)27-13-7-12-21(18-27)24(30)25-15-19-8-3-1-4-9-19/h2,5-6,10-11,14,16,19,21H,1,3-4,7-9,12-13,15,17-18H2,(H,25,30)/t21-/m1/s1. The number of rotatable bonds is 6. The van der Waals surface area contributed by atoms with Crippen molar-refractivity contribution in [2.24, 2.45) is 11.8 Å². The first kappa shape index (κ1) is 20.6. The fourth-order valence-corrected chi connectivity index (χ4v) is 4.68. The lowest BCUT2D eigenvalue weighted by molar-refractivity contribution is -0.125. The molecule has 1 amide bonds. The molecule has 4 rings (SSSR count). The Hall–Kier alpha value is -2.63. The molecule has 0 unspecified atom stereocenters. The Kier molecular flexibility index (Phi) is 6.82. The van der Waals surface area contributed by atoms with E-state index in [-0.39, 0.29) is 17.4 Å². The van der Waals surface area contributed by atoms with Gasteiger partial charge in [-0.05, 0) is 37.2 Å². The second-order valence-corrected chi connectivity index (χ2v) is 8.73. The maximum absolute atomic E-state index is 12.7. The van der Waals surface area contributed by atoms with Crippen LogP contribution in [0, 0.1) is 11.8 Å². The molecule has 1 saturated carbocycles. The number of carbonyl (C=O) groups is 1. The lowest BCUT2D eigenvalue weighted by Crippen LogP contribution is -2.44. The van der Waals surface area contributed by atoms with Crippen molar-refractivity contribution in [2.75, 3.05) is 24.5 Å². The summed E-state index contributed by atoms with van der Waals surface area (Å²) in [4.78, 5) is 27.4. The molecule has 1 aromatic heterocycles. The third-order valence-electron chi connectivity index (χ3n) is 6.48. The van der Waals surface area contributed by atoms with Gasteiger partial charge in [-0.1, -0.05) is 49.6 Å². The number of benzene rings is 1. The van der Waals surface area contributed by atoms with Gasteiger partial charge in [0.05, 0.1) is 24.3 Å². The van der Waals surface area contributed by atoms with Gasteiger partial charge in [-0.2, -0.15) is 5.10 Å². The van der Waals surface area contributed by atoms with Crippen LogP contribution in [0.4, 0.5) is 5.69 Å². The van der Waals surface area contributed by atoms with Gasteiger partial charge in [0.1, 0.15) is 0 Å². The number of aromatic nitrogens is 2. The zero-order valence-corrected chi connectivity index (χ0v) is 17.6. The molecule has 0 bridgehead atoms. The Morgan fingerprint density at radius 3 is 2.63 bits per heavy atom. The van der Waals surface area contributed by atoms with E-state index in [4.69, 9.17) is 0 Å². The van der Waals surface area contributed by atoms with Crippen molar-refractivity contribution >= 4 is 11.6 Å². The molecule has 1 aliphatic heterocycles. The summed E-state index contributed by atoms with van der Waals surface area (Å²) in [5, 5.41) is 7.57. The zero-order chi connectivity index (χ0) is 20.8. The molecule has 1 N–H and O–H groups in total. The summed E-state index contributed by atoms with van der Waals surface area (Å²) in [5.74, 6) is 0.786. The molecule has 2 aliphatic rings. The number of anilines is 1. The van der Waals surface area contributed by atoms with Gasteiger partial charge in [0.2, 0.25) is 5.91 Å². The summed E-state index contributed by atoms with van der Waals surface area (Å²) >= 11 is 0. The highest BCUT2D eigenvalue weighted by Gasteiger charge is 2.27. The monoisotopic (exact) mass is 408 g/mol. The first-order valence-corrected chi connectivity index (χ1v) is 11.3. The first-order chi connectivity index (χ1) is 14.7. The largest absolute Gasteiger partial charge is 0.369 e. The number of piperidine rings is 1. The van der Waals surface area contributed by atoms with E-state index in [0.717, 1.165) is 37.2 Å². The molecule has 1 atom stereocenters. The molecule has 1 aliphatic carbocycles. The minimum atomic E-state index is -0.111. The van der Waals surface area contributed by atoms with Gasteiger partial charge in [0, 0.05) is 25.7 Å². The van der Waals surface area contributed by atoms with E-state index >= 15 is 0 Å². The SMILES string of the molecule is O=C(NCC1CCCCC1)[C@@H]1CCCN(c2cnn(Cc3ccccc3)c(=O)c2)C1. The summed E-state index contributed by atoms with van der Waals surface area (Å²) in [6, 6.07) is 11.5. The third-order valence-corrected chi connectivity index (χ3v) is 6.48. The average molecular weight is 409 g/mol. The van der Waals surface area contributed by atoms with Crippen LogP contribution in [0.25, 0.3) is 0 Å². The third kappa shape index (κ3) is 5.29. The van der Waals surface area contributed by atoms with Crippen LogP contribution in [0.5, 0.6) is 0 Å². The molecular weight excluding hydrogens is 376 g/mol. The van der Waals surface area contributed by atoms with Gasteiger partial charge in [-0.25, -0.2) is 4.68 Å². The van der Waals surface area contributed by atoms with Gasteiger partial charge in [0.15, 0.2) is 0 Å². The van der Waals surface area contributed by atoms with E-state index < -0.39 is 0 Å². The van der Waals surface area contributed by atoms with E-state index in [2.05, 4.69) is 15.3 Å². The maximum Gasteiger partial charge on any atom is 0.269 e. The molecule has 0 radical (unpaired) electrons. The number of carbonyl (C=O) groups excluding carboxylic acids is 1. The molecule has 1 aromatic carbocycles. The molecule has 2 heterocycles. The van der Waals surface area contributed by atoms with Crippen LogP contribution >= 0.6 is 0 Å². The van der Waals surface area contributed by atoms with Crippen molar-refractivity contribution in [3.05, 3.63) is 58.5 Å². The summed E-state index contributed by atoms with van der Waals surface area (Å²) in [6.07, 6.45) is 10.0. The summed E-state index contributed by atoms with van der Waals surface area (Å²) in [6.45, 7) is 2.79. The maximum atomic E-state index is 12.7. The van der Waals surface area contributed by atoms with Crippen molar-refractivity contribution in [2.45, 2.75) is 51.5 Å². The Bertz CT molecular complexity index is 890. The molecule has 0 spiro atoms. The fourth-order valence-electron chi connectivity index (χ4n) is 4.68. The van der Waals surface area contributed by atoms with Crippen LogP contribution in [-0.2, 0) is 11.3 Å². The van der Waals surface area contributed by atoms with Crippen molar-refractivity contribution in [3.8, 4) is 0 Å². The molecule has 1 saturated heterocycles. The highest BCUT2D eigenvalue weighted by atomic mass is 16.2. The van der Waals surface area contributed by atoms with Gasteiger partial charge in [-0.15, -0.1) is 0 Å². The summed E-state index contributed by atoms with van der Waals surface area (Å²) < 4.78 is 1.48. The molecular formula is C24H32N4O2. The van der Waals surface area contributed by atoms with Gasteiger partial charge < -0.3 is 10.2 Å². The minimum Gasteiger partial charge on any atom is -0.369 e. The van der Waals surface area contributed by atoms with Crippen molar-refractivity contribution in [1.29, 1.82) is 0 Å². The predicted molar refractivity (Wildman–Crippen MR) is 119 cm³/mol. The number of amides is 1. The normalized spacial score (nSPS) is 20.1. The molecule has 6 heteroatoms. The minimum absolute atomic E-state index is 0.0194. The van der Waals surface area contributed by atoms with Gasteiger partial charge in [-0.3, -0.25) is 9.59 Å². The molecule has 160 valence electrons. The van der Waals surface area contributed by atoms with Crippen LogP contribution in [0.3, 0.4) is 0 Å². The average Bonchev–Trinajstić information content (AvgIpc) is 2.80. The van der Waals surface area contributed by atoms with Crippen LogP contribution in [0.2, 0.25) is 0 Å². The molecule has 30 heavy (non-hydrogen) atoms. The Morgan fingerprint density at radius 1 is 1.07 bits per heavy atom. The number of nitrogens with one attached hydrogen (secondary N) is 1. The molecule has 6 nitrogen and oxygen atoms in total. The van der Waals surface area contributed by atoms with Crippen molar-refractivity contribution in [1.82, 2.24) is 15.1 Å². The first-order valence-electron chi connectivity index (χ1n) is 11.3. The van der Waals surface area contributed by atoms with E-state index in [1.807, 2.05) is 30.3 Å². The second kappa shape index (κ2) is 9.92. The predicted octanol–water partition coefficient (Wildman–Crippen LogP) is 3.20. The van der Waals surface area contributed by atoms with Crippen molar-refractivity contribution < 1.29 is 4.79 Å². The molecule has 2 aromatic rings. The zero-order valence-electron chi connectivity index (χ0n) is 17.6. The van der Waals surface area contributed by atoms with Gasteiger partial charge >= 0.3 is 0 Å². The lowest BCUT2D eigenvalue weighted by atomic mass is 9.89. The quantitative estimate of drug-likeness (QED) is 0.797. The number of nitrogens with zero attached hydrogens (tertiary/aromatic N) is 3. The van der Waals surface area contributed by atoms with Crippen LogP contribution in [0.15, 0.2) is 47.4 Å². The van der Waals surface area contributed by atoms with E-state index in [1.54, 1.807) is 12.3 Å².